The van der Waals surface area contributed by atoms with E-state index in [4.69, 9.17) is 14.2 Å². The van der Waals surface area contributed by atoms with Crippen LogP contribution >= 0.6 is 12.4 Å². The van der Waals surface area contributed by atoms with Gasteiger partial charge < -0.3 is 24.4 Å². The fraction of sp³-hybridized carbons (Fsp3) is 0.917. The molecule has 1 aliphatic heterocycles. The van der Waals surface area contributed by atoms with E-state index < -0.39 is 0 Å². The van der Waals surface area contributed by atoms with E-state index >= 15 is 0 Å². The van der Waals surface area contributed by atoms with Gasteiger partial charge in [-0.25, -0.2) is 0 Å². The Kier molecular flexibility index (Phi) is 10.2. The second-order valence-electron chi connectivity index (χ2n) is 4.32. The van der Waals surface area contributed by atoms with Gasteiger partial charge in [-0.05, 0) is 6.92 Å². The molecule has 0 spiro atoms. The summed E-state index contributed by atoms with van der Waals surface area (Å²) in [7, 11) is 3.26. The van der Waals surface area contributed by atoms with Gasteiger partial charge in [0.15, 0.2) is 0 Å². The molecule has 0 aromatic heterocycles. The lowest BCUT2D eigenvalue weighted by atomic mass is 10.1. The minimum absolute atomic E-state index is 0. The van der Waals surface area contributed by atoms with Crippen LogP contribution in [0.2, 0.25) is 0 Å². The smallest absolute Gasteiger partial charge is 0.242 e. The lowest BCUT2D eigenvalue weighted by molar-refractivity contribution is -0.140. The molecule has 1 fully saturated rings. The van der Waals surface area contributed by atoms with Crippen LogP contribution in [0.15, 0.2) is 0 Å². The van der Waals surface area contributed by atoms with Crippen LogP contribution in [0.1, 0.15) is 6.92 Å². The van der Waals surface area contributed by atoms with Gasteiger partial charge in [-0.15, -0.1) is 12.4 Å². The summed E-state index contributed by atoms with van der Waals surface area (Å²) < 4.78 is 15.6. The molecule has 114 valence electrons. The van der Waals surface area contributed by atoms with Crippen molar-refractivity contribution >= 4 is 18.3 Å². The summed E-state index contributed by atoms with van der Waals surface area (Å²) in [5.74, 6) is 0.0521. The van der Waals surface area contributed by atoms with Gasteiger partial charge in [-0.2, -0.15) is 0 Å². The van der Waals surface area contributed by atoms with Crippen molar-refractivity contribution in [2.24, 2.45) is 0 Å². The molecule has 0 radical (unpaired) electrons. The van der Waals surface area contributed by atoms with Crippen LogP contribution in [-0.4, -0.2) is 76.6 Å². The zero-order chi connectivity index (χ0) is 13.4. The summed E-state index contributed by atoms with van der Waals surface area (Å²) in [6.07, 6.45) is -0.0983. The average molecular weight is 297 g/mol. The van der Waals surface area contributed by atoms with Crippen LogP contribution in [0.5, 0.6) is 0 Å². The van der Waals surface area contributed by atoms with E-state index in [2.05, 4.69) is 5.32 Å². The summed E-state index contributed by atoms with van der Waals surface area (Å²) in [4.78, 5) is 14.2. The average Bonchev–Trinajstić information content (AvgIpc) is 2.39. The Balaban J connectivity index is 0.00000324. The Hall–Kier alpha value is -0.400. The fourth-order valence-electron chi connectivity index (χ4n) is 1.94. The molecule has 1 amide bonds. The molecule has 19 heavy (non-hydrogen) atoms. The van der Waals surface area contributed by atoms with Crippen LogP contribution < -0.4 is 5.32 Å². The predicted octanol–water partition coefficient (Wildman–Crippen LogP) is -0.0935. The van der Waals surface area contributed by atoms with E-state index in [0.29, 0.717) is 39.5 Å². The van der Waals surface area contributed by atoms with Gasteiger partial charge >= 0.3 is 0 Å². The predicted molar refractivity (Wildman–Crippen MR) is 74.8 cm³/mol. The molecule has 2 atom stereocenters. The van der Waals surface area contributed by atoms with Gasteiger partial charge in [0, 0.05) is 33.9 Å². The highest BCUT2D eigenvalue weighted by Gasteiger charge is 2.31. The van der Waals surface area contributed by atoms with Crippen LogP contribution in [0.4, 0.5) is 0 Å². The molecular formula is C12H25ClN2O4. The first-order chi connectivity index (χ1) is 8.70. The lowest BCUT2D eigenvalue weighted by Crippen LogP contribution is -2.57. The van der Waals surface area contributed by atoms with E-state index in [1.807, 2.05) is 6.92 Å². The van der Waals surface area contributed by atoms with Crippen molar-refractivity contribution in [3.05, 3.63) is 0 Å². The largest absolute Gasteiger partial charge is 0.383 e. The molecule has 1 N–H and O–H groups in total. The number of methoxy groups -OCH3 is 2. The fourth-order valence-corrected chi connectivity index (χ4v) is 1.94. The van der Waals surface area contributed by atoms with Crippen molar-refractivity contribution < 1.29 is 19.0 Å². The zero-order valence-corrected chi connectivity index (χ0v) is 12.7. The number of hydrogen-bond acceptors (Lipinski definition) is 5. The number of carbonyl (C=O) groups is 1. The number of morpholine rings is 1. The standard InChI is InChI=1S/C12H24N2O4.ClH/c1-10-11(13-4-7-18-10)12(15)14(5-8-16-2)6-9-17-3;/h10-11,13H,4-9H2,1-3H3;1H/t10-,11+;/m1./s1. The number of halogens is 1. The van der Waals surface area contributed by atoms with Crippen LogP contribution in [0.25, 0.3) is 0 Å². The summed E-state index contributed by atoms with van der Waals surface area (Å²) in [6, 6.07) is -0.271. The van der Waals surface area contributed by atoms with Crippen molar-refractivity contribution in [3.63, 3.8) is 0 Å². The normalized spacial score (nSPS) is 22.7. The van der Waals surface area contributed by atoms with E-state index in [1.54, 1.807) is 19.1 Å². The maximum Gasteiger partial charge on any atom is 0.242 e. The third-order valence-electron chi connectivity index (χ3n) is 3.02. The SMILES string of the molecule is COCCN(CCOC)C(=O)[C@H]1NCCO[C@@H]1C.Cl. The second-order valence-corrected chi connectivity index (χ2v) is 4.32. The summed E-state index contributed by atoms with van der Waals surface area (Å²) >= 11 is 0. The summed E-state index contributed by atoms with van der Waals surface area (Å²) in [6.45, 7) is 5.48. The second kappa shape index (κ2) is 10.4. The Morgan fingerprint density at radius 1 is 1.32 bits per heavy atom. The molecule has 7 heteroatoms. The minimum atomic E-state index is -0.271. The molecule has 1 aliphatic rings. The Morgan fingerprint density at radius 3 is 2.37 bits per heavy atom. The highest BCUT2D eigenvalue weighted by atomic mass is 35.5. The Labute approximate surface area is 121 Å². The first-order valence-electron chi connectivity index (χ1n) is 6.32. The van der Waals surface area contributed by atoms with Gasteiger partial charge in [-0.1, -0.05) is 0 Å². The lowest BCUT2D eigenvalue weighted by Gasteiger charge is -2.33. The van der Waals surface area contributed by atoms with E-state index in [0.717, 1.165) is 0 Å². The van der Waals surface area contributed by atoms with Gasteiger partial charge in [0.2, 0.25) is 5.91 Å². The molecule has 0 aromatic rings. The first kappa shape index (κ1) is 18.6. The molecule has 0 aliphatic carbocycles. The van der Waals surface area contributed by atoms with Crippen molar-refractivity contribution in [1.29, 1.82) is 0 Å². The molecular weight excluding hydrogens is 272 g/mol. The number of ether oxygens (including phenoxy) is 3. The van der Waals surface area contributed by atoms with Crippen LogP contribution in [0, 0.1) is 0 Å². The third kappa shape index (κ3) is 6.05. The number of rotatable bonds is 7. The molecule has 0 saturated carbocycles. The van der Waals surface area contributed by atoms with Gasteiger partial charge in [0.1, 0.15) is 6.04 Å². The number of nitrogens with one attached hydrogen (secondary N) is 1. The molecule has 0 bridgehead atoms. The van der Waals surface area contributed by atoms with Gasteiger partial charge in [0.05, 0.1) is 25.9 Å². The molecule has 1 rings (SSSR count). The Morgan fingerprint density at radius 2 is 1.89 bits per heavy atom. The summed E-state index contributed by atoms with van der Waals surface area (Å²) in [5, 5.41) is 3.20. The van der Waals surface area contributed by atoms with Crippen molar-refractivity contribution in [3.8, 4) is 0 Å². The van der Waals surface area contributed by atoms with E-state index in [9.17, 15) is 4.79 Å². The minimum Gasteiger partial charge on any atom is -0.383 e. The van der Waals surface area contributed by atoms with Crippen LogP contribution in [0.3, 0.4) is 0 Å². The number of hydrogen-bond donors (Lipinski definition) is 1. The third-order valence-corrected chi connectivity index (χ3v) is 3.02. The van der Waals surface area contributed by atoms with Crippen molar-refractivity contribution in [1.82, 2.24) is 10.2 Å². The monoisotopic (exact) mass is 296 g/mol. The molecule has 6 nitrogen and oxygen atoms in total. The molecule has 1 heterocycles. The Bertz CT molecular complexity index is 248. The first-order valence-corrected chi connectivity index (χ1v) is 6.32. The maximum absolute atomic E-state index is 12.4. The van der Waals surface area contributed by atoms with Crippen LogP contribution in [-0.2, 0) is 19.0 Å². The van der Waals surface area contributed by atoms with Gasteiger partial charge in [0.25, 0.3) is 0 Å². The van der Waals surface area contributed by atoms with Crippen molar-refractivity contribution in [2.75, 3.05) is 53.7 Å². The molecule has 1 saturated heterocycles. The molecule has 0 unspecified atom stereocenters. The van der Waals surface area contributed by atoms with Gasteiger partial charge in [-0.3, -0.25) is 4.79 Å². The molecule has 0 aromatic carbocycles. The highest BCUT2D eigenvalue weighted by Crippen LogP contribution is 2.07. The van der Waals surface area contributed by atoms with E-state index in [1.165, 1.54) is 0 Å². The quantitative estimate of drug-likeness (QED) is 0.711. The summed E-state index contributed by atoms with van der Waals surface area (Å²) in [5.41, 5.74) is 0. The highest BCUT2D eigenvalue weighted by molar-refractivity contribution is 5.85. The van der Waals surface area contributed by atoms with Crippen molar-refractivity contribution in [2.45, 2.75) is 19.1 Å². The topological polar surface area (TPSA) is 60.0 Å². The number of nitrogens with zero attached hydrogens (tertiary/aromatic N) is 1. The van der Waals surface area contributed by atoms with E-state index in [-0.39, 0.29) is 30.5 Å². The number of amides is 1. The maximum atomic E-state index is 12.4. The zero-order valence-electron chi connectivity index (χ0n) is 11.9. The number of carbonyl (C=O) groups excluding carboxylic acids is 1.